The first-order chi connectivity index (χ1) is 30.0. The van der Waals surface area contributed by atoms with Crippen LogP contribution in [0.25, 0.3) is 49.7 Å². The third-order valence-electron chi connectivity index (χ3n) is 12.4. The van der Waals surface area contributed by atoms with Crippen molar-refractivity contribution in [3.63, 3.8) is 0 Å². The highest BCUT2D eigenvalue weighted by atomic mass is 31.2. The van der Waals surface area contributed by atoms with E-state index in [0.717, 1.165) is 83.6 Å². The van der Waals surface area contributed by atoms with Crippen LogP contribution in [0.5, 0.6) is 0 Å². The molecule has 61 heavy (non-hydrogen) atoms. The van der Waals surface area contributed by atoms with Gasteiger partial charge in [0.15, 0.2) is 14.3 Å². The summed E-state index contributed by atoms with van der Waals surface area (Å²) in [6.07, 6.45) is 1.54. The highest BCUT2D eigenvalue weighted by molar-refractivity contribution is 7.85. The van der Waals surface area contributed by atoms with Crippen LogP contribution >= 0.6 is 14.3 Å². The zero-order valence-corrected chi connectivity index (χ0v) is 35.2. The Labute approximate surface area is 356 Å². The topological polar surface area (TPSA) is 39.1 Å². The second kappa shape index (κ2) is 15.1. The fourth-order valence-electron chi connectivity index (χ4n) is 9.48. The van der Waals surface area contributed by atoms with Gasteiger partial charge in [-0.3, -0.25) is 0 Å². The molecule has 1 heterocycles. The van der Waals surface area contributed by atoms with Crippen LogP contribution in [0.3, 0.4) is 0 Å². The quantitative estimate of drug-likeness (QED) is 0.136. The van der Waals surface area contributed by atoms with Gasteiger partial charge in [0.05, 0.1) is 11.0 Å². The molecule has 0 radical (unpaired) electrons. The summed E-state index contributed by atoms with van der Waals surface area (Å²) in [5.74, 6) is 0. The van der Waals surface area contributed by atoms with Crippen molar-refractivity contribution < 1.29 is 9.13 Å². The predicted octanol–water partition coefficient (Wildman–Crippen LogP) is 11.5. The van der Waals surface area contributed by atoms with Crippen LogP contribution in [-0.2, 0) is 22.0 Å². The Hall–Kier alpha value is -6.76. The zero-order chi connectivity index (χ0) is 41.0. The van der Waals surface area contributed by atoms with Crippen molar-refractivity contribution in [3.05, 3.63) is 236 Å². The maximum Gasteiger partial charge on any atom is 0.171 e. The van der Waals surface area contributed by atoms with Crippen molar-refractivity contribution in [1.29, 1.82) is 0 Å². The fourth-order valence-corrected chi connectivity index (χ4v) is 14.9. The molecule has 0 spiro atoms. The first-order valence-corrected chi connectivity index (χ1v) is 24.3. The van der Waals surface area contributed by atoms with Crippen molar-refractivity contribution in [2.45, 2.75) is 12.8 Å². The maximum absolute atomic E-state index is 16.1. The van der Waals surface area contributed by atoms with Gasteiger partial charge in [0.2, 0.25) is 0 Å². The van der Waals surface area contributed by atoms with Gasteiger partial charge in [-0.05, 0) is 88.7 Å². The number of hydrogen-bond donors (Lipinski definition) is 0. The van der Waals surface area contributed by atoms with E-state index in [1.165, 1.54) is 21.9 Å². The van der Waals surface area contributed by atoms with Gasteiger partial charge in [0.1, 0.15) is 0 Å². The molecule has 3 nitrogen and oxygen atoms in total. The molecule has 0 atom stereocenters. The second-order valence-electron chi connectivity index (χ2n) is 15.9. The minimum absolute atomic E-state index is 0.768. The average molecular weight is 822 g/mol. The molecule has 9 aromatic carbocycles. The van der Waals surface area contributed by atoms with Crippen LogP contribution in [0.1, 0.15) is 11.1 Å². The van der Waals surface area contributed by atoms with E-state index in [4.69, 9.17) is 0 Å². The van der Waals surface area contributed by atoms with Crippen LogP contribution in [0.15, 0.2) is 224 Å². The van der Waals surface area contributed by atoms with E-state index in [2.05, 4.69) is 108 Å². The van der Waals surface area contributed by atoms with Crippen LogP contribution in [0.2, 0.25) is 0 Å². The molecule has 0 saturated carbocycles. The largest absolute Gasteiger partial charge is 0.309 e. The molecular weight excluding hydrogens is 781 g/mol. The Bertz CT molecular complexity index is 3020. The smallest absolute Gasteiger partial charge is 0.171 e. The van der Waals surface area contributed by atoms with Crippen LogP contribution in [-0.4, -0.2) is 4.57 Å². The van der Waals surface area contributed by atoms with Gasteiger partial charge in [-0.25, -0.2) is 0 Å². The molecule has 1 aliphatic carbocycles. The molecule has 0 unspecified atom stereocenters. The summed E-state index contributed by atoms with van der Waals surface area (Å²) >= 11 is 0. The third-order valence-corrected chi connectivity index (χ3v) is 18.4. The molecule has 0 N–H and O–H groups in total. The first-order valence-electron chi connectivity index (χ1n) is 20.8. The Morgan fingerprint density at radius 2 is 0.623 bits per heavy atom. The normalized spacial score (nSPS) is 12.6. The number of benzene rings is 9. The number of hydrogen-bond acceptors (Lipinski definition) is 2. The van der Waals surface area contributed by atoms with Crippen LogP contribution < -0.4 is 31.8 Å². The van der Waals surface area contributed by atoms with Gasteiger partial charge in [-0.15, -0.1) is 0 Å². The molecule has 11 rings (SSSR count). The summed E-state index contributed by atoms with van der Waals surface area (Å²) in [7, 11) is -6.69. The van der Waals surface area contributed by atoms with Crippen molar-refractivity contribution in [2.24, 2.45) is 0 Å². The molecule has 292 valence electrons. The van der Waals surface area contributed by atoms with Crippen LogP contribution in [0, 0.1) is 0 Å². The van der Waals surface area contributed by atoms with Crippen molar-refractivity contribution in [2.75, 3.05) is 0 Å². The molecule has 5 heteroatoms. The number of nitrogens with zero attached hydrogens (tertiary/aromatic N) is 1. The Morgan fingerprint density at radius 1 is 0.311 bits per heavy atom. The summed E-state index contributed by atoms with van der Waals surface area (Å²) in [5, 5.41) is 7.16. The molecule has 10 aromatic rings. The molecular formula is C56H41NO2P2. The van der Waals surface area contributed by atoms with E-state index in [1.54, 1.807) is 0 Å². The summed E-state index contributed by atoms with van der Waals surface area (Å²) < 4.78 is 34.7. The monoisotopic (exact) mass is 821 g/mol. The van der Waals surface area contributed by atoms with E-state index in [9.17, 15) is 0 Å². The van der Waals surface area contributed by atoms with Gasteiger partial charge in [0.25, 0.3) is 0 Å². The fraction of sp³-hybridized carbons (Fsp3) is 0.0357. The predicted molar refractivity (Wildman–Crippen MR) is 258 cm³/mol. The Kier molecular flexibility index (Phi) is 9.19. The van der Waals surface area contributed by atoms with E-state index in [1.807, 2.05) is 121 Å². The average Bonchev–Trinajstić information content (AvgIpc) is 3.69. The van der Waals surface area contributed by atoms with Gasteiger partial charge in [-0.2, -0.15) is 0 Å². The highest BCUT2D eigenvalue weighted by Crippen LogP contribution is 2.49. The second-order valence-corrected chi connectivity index (χ2v) is 21.4. The van der Waals surface area contributed by atoms with E-state index >= 15 is 9.13 Å². The molecule has 1 aromatic heterocycles. The minimum Gasteiger partial charge on any atom is -0.309 e. The third kappa shape index (κ3) is 6.19. The lowest BCUT2D eigenvalue weighted by molar-refractivity contribution is 0.591. The molecule has 0 bridgehead atoms. The number of aryl methyl sites for hydroxylation is 2. The molecule has 0 fully saturated rings. The lowest BCUT2D eigenvalue weighted by Crippen LogP contribution is -2.26. The maximum atomic E-state index is 16.1. The molecule has 1 aliphatic rings. The molecule has 0 amide bonds. The summed E-state index contributed by atoms with van der Waals surface area (Å²) in [5.41, 5.74) is 9.74. The Balaban J connectivity index is 1.28. The summed E-state index contributed by atoms with van der Waals surface area (Å²) in [4.78, 5) is 0. The zero-order valence-electron chi connectivity index (χ0n) is 33.4. The van der Waals surface area contributed by atoms with E-state index < -0.39 is 14.3 Å². The van der Waals surface area contributed by atoms with Crippen molar-refractivity contribution >= 4 is 67.9 Å². The number of rotatable bonds is 9. The van der Waals surface area contributed by atoms with Crippen molar-refractivity contribution in [1.82, 2.24) is 4.57 Å². The lowest BCUT2D eigenvalue weighted by atomic mass is 9.91. The standard InChI is InChI=1S/C56H41NO2P2/c58-60(47-23-11-3-12-24-47,48-25-13-4-14-26-48)51-36-42-31-32-43-37-52(61(59,49-27-15-5-16-28-49)50-29-17-6-18-30-50)39-54-56(43)55(42)53(38-51)57(54)46-34-44(40-19-7-1-8-20-40)33-45(35-46)41-21-9-2-10-22-41/h1-30,33-39H,31-32H2. The lowest BCUT2D eigenvalue weighted by Gasteiger charge is -2.23. The molecule has 0 saturated heterocycles. The Morgan fingerprint density at radius 3 is 0.951 bits per heavy atom. The first kappa shape index (κ1) is 37.3. The summed E-state index contributed by atoms with van der Waals surface area (Å²) in [6.45, 7) is 0. The summed E-state index contributed by atoms with van der Waals surface area (Å²) in [6, 6.07) is 76.5. The SMILES string of the molecule is O=P(c1ccccc1)(c1ccccc1)c1cc2c3c4c(cc(P(=O)(c5ccccc5)c5ccccc5)cc4n(-c4cc(-c5ccccc5)cc(-c5ccccc5)c4)c3c1)CC2. The van der Waals surface area contributed by atoms with Crippen LogP contribution in [0.4, 0.5) is 0 Å². The van der Waals surface area contributed by atoms with E-state index in [0.29, 0.717) is 0 Å². The van der Waals surface area contributed by atoms with Gasteiger partial charge in [-0.1, -0.05) is 182 Å². The molecule has 0 aliphatic heterocycles. The van der Waals surface area contributed by atoms with E-state index in [-0.39, 0.29) is 0 Å². The number of aromatic nitrogens is 1. The highest BCUT2D eigenvalue weighted by Gasteiger charge is 2.35. The van der Waals surface area contributed by atoms with Gasteiger partial charge >= 0.3 is 0 Å². The van der Waals surface area contributed by atoms with Gasteiger partial charge < -0.3 is 13.7 Å². The van der Waals surface area contributed by atoms with Crippen molar-refractivity contribution in [3.8, 4) is 27.9 Å². The minimum atomic E-state index is -3.34. The van der Waals surface area contributed by atoms with Gasteiger partial charge in [0, 0.05) is 48.3 Å².